The van der Waals surface area contributed by atoms with Gasteiger partial charge in [0.1, 0.15) is 5.69 Å². The predicted octanol–water partition coefficient (Wildman–Crippen LogP) is 13.0. The lowest BCUT2D eigenvalue weighted by Crippen LogP contribution is -2.14. The van der Waals surface area contributed by atoms with Gasteiger partial charge in [0.15, 0.2) is 5.82 Å². The van der Waals surface area contributed by atoms with Crippen molar-refractivity contribution in [2.75, 3.05) is 0 Å². The molecule has 0 unspecified atom stereocenters. The fourth-order valence-corrected chi connectivity index (χ4v) is 9.55. The Labute approximate surface area is 317 Å². The van der Waals surface area contributed by atoms with Crippen LogP contribution in [0.5, 0.6) is 0 Å². The molecular formula is C51H34N4. The maximum atomic E-state index is 5.53. The highest BCUT2D eigenvalue weighted by Gasteiger charge is 2.35. The first kappa shape index (κ1) is 30.4. The number of nitrogens with zero attached hydrogens (tertiary/aromatic N) is 4. The highest BCUT2D eigenvalue weighted by atomic mass is 15.1. The van der Waals surface area contributed by atoms with Crippen LogP contribution in [0.15, 0.2) is 170 Å². The van der Waals surface area contributed by atoms with Crippen LogP contribution in [0.4, 0.5) is 0 Å². The summed E-state index contributed by atoms with van der Waals surface area (Å²) in [4.78, 5) is 11.0. The molecule has 258 valence electrons. The minimum absolute atomic E-state index is 0.0839. The lowest BCUT2D eigenvalue weighted by molar-refractivity contribution is 0.660. The van der Waals surface area contributed by atoms with E-state index < -0.39 is 0 Å². The molecule has 4 nitrogen and oxygen atoms in total. The van der Waals surface area contributed by atoms with Gasteiger partial charge in [-0.1, -0.05) is 135 Å². The Balaban J connectivity index is 1.20. The van der Waals surface area contributed by atoms with Crippen LogP contribution in [0, 0.1) is 0 Å². The van der Waals surface area contributed by atoms with Gasteiger partial charge in [-0.2, -0.15) is 0 Å². The number of benzene rings is 8. The summed E-state index contributed by atoms with van der Waals surface area (Å²) >= 11 is 0. The van der Waals surface area contributed by atoms with E-state index in [4.69, 9.17) is 9.97 Å². The number of aromatic nitrogens is 4. The first-order valence-corrected chi connectivity index (χ1v) is 19.0. The smallest absolute Gasteiger partial charge is 0.165 e. The number of rotatable bonds is 3. The van der Waals surface area contributed by atoms with Gasteiger partial charge in [-0.25, -0.2) is 9.97 Å². The molecule has 12 rings (SSSR count). The molecule has 1 aliphatic rings. The molecule has 11 aromatic rings. The molecule has 4 heteroatoms. The van der Waals surface area contributed by atoms with E-state index in [2.05, 4.69) is 187 Å². The van der Waals surface area contributed by atoms with E-state index in [1.165, 1.54) is 65.6 Å². The third-order valence-corrected chi connectivity index (χ3v) is 12.1. The van der Waals surface area contributed by atoms with Gasteiger partial charge in [-0.05, 0) is 81.6 Å². The first-order valence-electron chi connectivity index (χ1n) is 19.0. The summed E-state index contributed by atoms with van der Waals surface area (Å²) in [5.41, 5.74) is 14.5. The number of fused-ring (bicyclic) bond motifs is 12. The van der Waals surface area contributed by atoms with Crippen LogP contribution in [-0.4, -0.2) is 19.1 Å². The van der Waals surface area contributed by atoms with E-state index >= 15 is 0 Å². The third-order valence-electron chi connectivity index (χ3n) is 12.1. The maximum Gasteiger partial charge on any atom is 0.165 e. The molecule has 0 N–H and O–H groups in total. The van der Waals surface area contributed by atoms with Crippen molar-refractivity contribution in [3.63, 3.8) is 0 Å². The Morgan fingerprint density at radius 1 is 0.436 bits per heavy atom. The zero-order valence-electron chi connectivity index (χ0n) is 30.5. The van der Waals surface area contributed by atoms with Crippen molar-refractivity contribution in [1.29, 1.82) is 0 Å². The zero-order valence-corrected chi connectivity index (χ0v) is 30.5. The molecule has 0 aliphatic heterocycles. The third kappa shape index (κ3) is 4.17. The van der Waals surface area contributed by atoms with Crippen LogP contribution >= 0.6 is 0 Å². The summed E-state index contributed by atoms with van der Waals surface area (Å²) < 4.78 is 4.77. The van der Waals surface area contributed by atoms with Gasteiger partial charge in [-0.15, -0.1) is 0 Å². The molecule has 0 saturated carbocycles. The fourth-order valence-electron chi connectivity index (χ4n) is 9.55. The summed E-state index contributed by atoms with van der Waals surface area (Å²) in [6.07, 6.45) is 0. The number of hydrogen-bond acceptors (Lipinski definition) is 2. The van der Waals surface area contributed by atoms with E-state index in [-0.39, 0.29) is 5.41 Å². The van der Waals surface area contributed by atoms with Gasteiger partial charge >= 0.3 is 0 Å². The second-order valence-corrected chi connectivity index (χ2v) is 15.4. The normalized spacial score (nSPS) is 13.4. The number of hydrogen-bond donors (Lipinski definition) is 0. The fraction of sp³-hybridized carbons (Fsp3) is 0.0588. The molecule has 0 amide bonds. The van der Waals surface area contributed by atoms with E-state index in [1.54, 1.807) is 0 Å². The van der Waals surface area contributed by atoms with Crippen molar-refractivity contribution in [2.45, 2.75) is 19.3 Å². The second kappa shape index (κ2) is 11.0. The summed E-state index contributed by atoms with van der Waals surface area (Å²) in [5, 5.41) is 7.32. The molecule has 0 fully saturated rings. The highest BCUT2D eigenvalue weighted by molar-refractivity contribution is 6.22. The Morgan fingerprint density at radius 2 is 1.09 bits per heavy atom. The molecule has 0 bridgehead atoms. The number of para-hydroxylation sites is 4. The highest BCUT2D eigenvalue weighted by Crippen LogP contribution is 2.50. The molecular weight excluding hydrogens is 669 g/mol. The van der Waals surface area contributed by atoms with Crippen LogP contribution in [-0.2, 0) is 5.41 Å². The van der Waals surface area contributed by atoms with E-state index in [0.717, 1.165) is 44.8 Å². The SMILES string of the molecule is CC1(C)c2ccccc2-c2cc(-c3nc4ccccc4nc3-n3c4cc(-n5c6ccccc6c6ccccc65)ccc4c4c5ccccc5ccc43)ccc21. The van der Waals surface area contributed by atoms with Crippen LogP contribution in [0.25, 0.3) is 99.3 Å². The largest absolute Gasteiger partial charge is 0.309 e. The van der Waals surface area contributed by atoms with Crippen LogP contribution < -0.4 is 0 Å². The Morgan fingerprint density at radius 3 is 1.89 bits per heavy atom. The molecule has 0 saturated heterocycles. The molecule has 8 aromatic carbocycles. The molecule has 55 heavy (non-hydrogen) atoms. The van der Waals surface area contributed by atoms with Gasteiger partial charge in [0.05, 0.1) is 33.1 Å². The van der Waals surface area contributed by atoms with Crippen LogP contribution in [0.1, 0.15) is 25.0 Å². The van der Waals surface area contributed by atoms with Crippen molar-refractivity contribution in [2.24, 2.45) is 0 Å². The van der Waals surface area contributed by atoms with Crippen LogP contribution in [0.3, 0.4) is 0 Å². The second-order valence-electron chi connectivity index (χ2n) is 15.4. The molecule has 3 aromatic heterocycles. The average Bonchev–Trinajstić information content (AvgIpc) is 3.83. The standard InChI is InChI=1S/C51H34N4/c1-51(2)40-18-8-5-15-35(40)39-29-32(23-27-41(39)51)49-50(53-43-20-10-9-19-42(43)52-49)55-46-28-24-31-13-3-4-14-34(31)48(46)38-26-25-33(30-47(38)55)54-44-21-11-6-16-36(44)37-17-7-12-22-45(37)54/h3-30H,1-2H3. The molecule has 0 radical (unpaired) electrons. The Hall–Kier alpha value is -7.04. The molecule has 0 spiro atoms. The van der Waals surface area contributed by atoms with Crippen LogP contribution in [0.2, 0.25) is 0 Å². The van der Waals surface area contributed by atoms with E-state index in [1.807, 2.05) is 6.07 Å². The van der Waals surface area contributed by atoms with Crippen molar-refractivity contribution in [3.8, 4) is 33.9 Å². The van der Waals surface area contributed by atoms with Crippen molar-refractivity contribution in [1.82, 2.24) is 19.1 Å². The van der Waals surface area contributed by atoms with Gasteiger partial charge < -0.3 is 4.57 Å². The Bertz CT molecular complexity index is 3360. The lowest BCUT2D eigenvalue weighted by Gasteiger charge is -2.21. The first-order chi connectivity index (χ1) is 27.0. The van der Waals surface area contributed by atoms with Crippen molar-refractivity contribution < 1.29 is 0 Å². The summed E-state index contributed by atoms with van der Waals surface area (Å²) in [7, 11) is 0. The summed E-state index contributed by atoms with van der Waals surface area (Å²) in [5.74, 6) is 0.818. The van der Waals surface area contributed by atoms with Gasteiger partial charge in [0, 0.05) is 38.2 Å². The van der Waals surface area contributed by atoms with Crippen molar-refractivity contribution in [3.05, 3.63) is 181 Å². The molecule has 1 aliphatic carbocycles. The monoisotopic (exact) mass is 702 g/mol. The topological polar surface area (TPSA) is 35.6 Å². The van der Waals surface area contributed by atoms with Crippen molar-refractivity contribution >= 4 is 65.4 Å². The van der Waals surface area contributed by atoms with Gasteiger partial charge in [0.25, 0.3) is 0 Å². The molecule has 0 atom stereocenters. The average molecular weight is 703 g/mol. The maximum absolute atomic E-state index is 5.53. The zero-order chi connectivity index (χ0) is 36.4. The quantitative estimate of drug-likeness (QED) is 0.184. The Kier molecular flexibility index (Phi) is 6.09. The minimum Gasteiger partial charge on any atom is -0.309 e. The lowest BCUT2D eigenvalue weighted by atomic mass is 9.82. The van der Waals surface area contributed by atoms with Gasteiger partial charge in [-0.3, -0.25) is 4.57 Å². The van der Waals surface area contributed by atoms with E-state index in [9.17, 15) is 0 Å². The minimum atomic E-state index is -0.0839. The summed E-state index contributed by atoms with van der Waals surface area (Å²) in [6.45, 7) is 4.66. The van der Waals surface area contributed by atoms with Gasteiger partial charge in [0.2, 0.25) is 0 Å². The molecule has 3 heterocycles. The summed E-state index contributed by atoms with van der Waals surface area (Å²) in [6, 6.07) is 61.5. The van der Waals surface area contributed by atoms with E-state index in [0.29, 0.717) is 0 Å². The predicted molar refractivity (Wildman–Crippen MR) is 229 cm³/mol.